The van der Waals surface area contributed by atoms with E-state index in [0.29, 0.717) is 11.1 Å². The van der Waals surface area contributed by atoms with Crippen LogP contribution in [-0.4, -0.2) is 74.6 Å². The molecule has 0 bridgehead atoms. The molecule has 0 heterocycles. The number of fused-ring (bicyclic) bond motifs is 3. The summed E-state index contributed by atoms with van der Waals surface area (Å²) < 4.78 is 0. The first kappa shape index (κ1) is 21.2. The number of Topliss-reactive ketones (excluding diaryl/α,β-unsaturated/α-hetero) is 2. The van der Waals surface area contributed by atoms with Crippen LogP contribution in [0.1, 0.15) is 22.3 Å². The summed E-state index contributed by atoms with van der Waals surface area (Å²) in [6.45, 7) is 4.06. The Hall–Kier alpha value is -3.01. The largest absolute Gasteiger partial charge is 0.508 e. The van der Waals surface area contributed by atoms with Crippen LogP contribution in [0.25, 0.3) is 5.57 Å². The molecule has 1 saturated carbocycles. The maximum Gasteiger partial charge on any atom is 0.255 e. The quantitative estimate of drug-likeness (QED) is 0.403. The van der Waals surface area contributed by atoms with Crippen LogP contribution in [0.3, 0.4) is 0 Å². The number of rotatable bonds is 2. The molecule has 0 spiro atoms. The molecule has 31 heavy (non-hydrogen) atoms. The summed E-state index contributed by atoms with van der Waals surface area (Å²) in [7, 11) is 3.13. The molecule has 164 valence electrons. The highest BCUT2D eigenvalue weighted by molar-refractivity contribution is 6.22. The molecule has 1 aromatic carbocycles. The van der Waals surface area contributed by atoms with Crippen molar-refractivity contribution >= 4 is 23.0 Å². The molecule has 0 saturated heterocycles. The molecule has 1 aromatic rings. The molecule has 3 aliphatic rings. The number of aliphatic hydroxyl groups is 3. The van der Waals surface area contributed by atoms with Crippen LogP contribution in [0.5, 0.6) is 5.75 Å². The second kappa shape index (κ2) is 6.74. The lowest BCUT2D eigenvalue weighted by atomic mass is 9.53. The number of carbonyl (C=O) groups is 3. The number of benzene rings is 1. The van der Waals surface area contributed by atoms with Gasteiger partial charge in [0.1, 0.15) is 23.2 Å². The number of primary amides is 1. The SMILES string of the molecule is C=C1c2cccc(O)c2C(=O)C2C(O)[C@]3(O)C(O)=C(C(N)=O)C(=O)[C@@H](N(C)C)[C@@H]3C[C@H]12. The van der Waals surface area contributed by atoms with Gasteiger partial charge in [0.2, 0.25) is 0 Å². The predicted octanol–water partition coefficient (Wildman–Crippen LogP) is -0.244. The molecule has 2 unspecified atom stereocenters. The fourth-order valence-electron chi connectivity index (χ4n) is 5.60. The van der Waals surface area contributed by atoms with Crippen LogP contribution in [0, 0.1) is 17.8 Å². The number of carbonyl (C=O) groups excluding carboxylic acids is 3. The number of allylic oxidation sites excluding steroid dienone is 1. The zero-order valence-corrected chi connectivity index (χ0v) is 17.1. The van der Waals surface area contributed by atoms with Crippen LogP contribution in [-0.2, 0) is 9.59 Å². The molecule has 9 nitrogen and oxygen atoms in total. The number of nitrogens with zero attached hydrogens (tertiary/aromatic N) is 1. The first-order valence-electron chi connectivity index (χ1n) is 9.84. The number of aromatic hydroxyl groups is 1. The van der Waals surface area contributed by atoms with Gasteiger partial charge in [0, 0.05) is 5.92 Å². The third kappa shape index (κ3) is 2.57. The second-order valence-electron chi connectivity index (χ2n) is 8.69. The van der Waals surface area contributed by atoms with Gasteiger partial charge in [-0.3, -0.25) is 19.3 Å². The van der Waals surface area contributed by atoms with Gasteiger partial charge in [0.15, 0.2) is 17.2 Å². The number of ketones is 2. The molecule has 0 radical (unpaired) electrons. The van der Waals surface area contributed by atoms with Gasteiger partial charge >= 0.3 is 0 Å². The molecule has 9 heteroatoms. The van der Waals surface area contributed by atoms with E-state index in [1.807, 2.05) is 0 Å². The van der Waals surface area contributed by atoms with E-state index in [9.17, 15) is 34.8 Å². The molecule has 6 atom stereocenters. The fraction of sp³-hybridized carbons (Fsp3) is 0.409. The summed E-state index contributed by atoms with van der Waals surface area (Å²) in [6.07, 6.45) is -1.85. The summed E-state index contributed by atoms with van der Waals surface area (Å²) in [6, 6.07) is 3.47. The normalized spacial score (nSPS) is 35.0. The smallest absolute Gasteiger partial charge is 0.255 e. The van der Waals surface area contributed by atoms with Crippen molar-refractivity contribution in [2.45, 2.75) is 24.2 Å². The van der Waals surface area contributed by atoms with E-state index in [1.54, 1.807) is 26.2 Å². The van der Waals surface area contributed by atoms with Gasteiger partial charge in [-0.1, -0.05) is 18.7 Å². The third-order valence-electron chi connectivity index (χ3n) is 7.00. The summed E-state index contributed by atoms with van der Waals surface area (Å²) in [5.41, 5.74) is 2.93. The van der Waals surface area contributed by atoms with E-state index in [4.69, 9.17) is 5.73 Å². The molecule has 0 aromatic heterocycles. The Morgan fingerprint density at radius 1 is 1.23 bits per heavy atom. The number of nitrogens with two attached hydrogens (primary N) is 1. The zero-order chi connectivity index (χ0) is 23.0. The van der Waals surface area contributed by atoms with Gasteiger partial charge < -0.3 is 26.2 Å². The number of amides is 1. The monoisotopic (exact) mass is 428 g/mol. The van der Waals surface area contributed by atoms with E-state index in [2.05, 4.69) is 6.58 Å². The first-order valence-corrected chi connectivity index (χ1v) is 9.84. The standard InChI is InChI=1S/C22H24N2O7/c1-8-9-5-4-6-12(25)13(9)17(26)14-10(8)7-11-16(24(2)3)18(27)15(21(23)30)20(29)22(11,31)19(14)28/h4-6,10-11,14,16,19,25,28-29,31H,1,7H2,2-3H3,(H2,23,30)/t10-,11+,14?,16+,19?,22+/m1/s1. The lowest BCUT2D eigenvalue weighted by Crippen LogP contribution is -2.69. The van der Waals surface area contributed by atoms with Crippen LogP contribution in [0.4, 0.5) is 0 Å². The maximum atomic E-state index is 13.3. The molecule has 4 rings (SSSR count). The minimum atomic E-state index is -2.47. The summed E-state index contributed by atoms with van der Waals surface area (Å²) in [5.74, 6) is -6.87. The number of hydrogen-bond donors (Lipinski definition) is 5. The Kier molecular flexibility index (Phi) is 4.62. The fourth-order valence-corrected chi connectivity index (χ4v) is 5.60. The van der Waals surface area contributed by atoms with Crippen molar-refractivity contribution in [2.24, 2.45) is 23.5 Å². The van der Waals surface area contributed by atoms with E-state index in [-0.39, 0.29) is 17.7 Å². The van der Waals surface area contributed by atoms with Crippen LogP contribution in [0.15, 0.2) is 36.1 Å². The lowest BCUT2D eigenvalue weighted by molar-refractivity contribution is -0.178. The highest BCUT2D eigenvalue weighted by atomic mass is 16.4. The maximum absolute atomic E-state index is 13.3. The number of aliphatic hydroxyl groups excluding tert-OH is 2. The number of phenolic OH excluding ortho intramolecular Hbond substituents is 1. The van der Waals surface area contributed by atoms with Crippen molar-refractivity contribution in [3.8, 4) is 5.75 Å². The summed E-state index contributed by atoms with van der Waals surface area (Å²) in [4.78, 5) is 39.7. The number of likely N-dealkylation sites (N-methyl/N-ethyl adjacent to an activating group) is 1. The zero-order valence-electron chi connectivity index (χ0n) is 17.1. The molecule has 0 aliphatic heterocycles. The Morgan fingerprint density at radius 2 is 1.87 bits per heavy atom. The minimum Gasteiger partial charge on any atom is -0.508 e. The van der Waals surface area contributed by atoms with Crippen LogP contribution in [0.2, 0.25) is 0 Å². The Bertz CT molecular complexity index is 1080. The van der Waals surface area contributed by atoms with Crippen molar-refractivity contribution in [1.29, 1.82) is 0 Å². The van der Waals surface area contributed by atoms with E-state index >= 15 is 0 Å². The van der Waals surface area contributed by atoms with Crippen molar-refractivity contribution < 1.29 is 34.8 Å². The summed E-state index contributed by atoms with van der Waals surface area (Å²) >= 11 is 0. The molecule has 6 N–H and O–H groups in total. The second-order valence-corrected chi connectivity index (χ2v) is 8.69. The van der Waals surface area contributed by atoms with Gasteiger partial charge in [-0.2, -0.15) is 0 Å². The van der Waals surface area contributed by atoms with E-state index in [1.165, 1.54) is 11.0 Å². The van der Waals surface area contributed by atoms with Crippen molar-refractivity contribution in [3.63, 3.8) is 0 Å². The first-order chi connectivity index (χ1) is 14.4. The van der Waals surface area contributed by atoms with Gasteiger partial charge in [-0.15, -0.1) is 0 Å². The summed E-state index contributed by atoms with van der Waals surface area (Å²) in [5, 5.41) is 43.8. The van der Waals surface area contributed by atoms with Gasteiger partial charge in [-0.05, 0) is 43.6 Å². The predicted molar refractivity (Wildman–Crippen MR) is 109 cm³/mol. The molecule has 3 aliphatic carbocycles. The average molecular weight is 428 g/mol. The lowest BCUT2D eigenvalue weighted by Gasteiger charge is -2.55. The Morgan fingerprint density at radius 3 is 2.45 bits per heavy atom. The highest BCUT2D eigenvalue weighted by Gasteiger charge is 2.66. The van der Waals surface area contributed by atoms with Crippen LogP contribution < -0.4 is 5.73 Å². The van der Waals surface area contributed by atoms with E-state index in [0.717, 1.165) is 0 Å². The number of phenols is 1. The highest BCUT2D eigenvalue weighted by Crippen LogP contribution is 2.56. The van der Waals surface area contributed by atoms with Crippen molar-refractivity contribution in [1.82, 2.24) is 4.90 Å². The molecule has 1 amide bonds. The van der Waals surface area contributed by atoms with Crippen molar-refractivity contribution in [2.75, 3.05) is 14.1 Å². The van der Waals surface area contributed by atoms with Gasteiger partial charge in [0.25, 0.3) is 5.91 Å². The molecular weight excluding hydrogens is 404 g/mol. The average Bonchev–Trinajstić information content (AvgIpc) is 2.68. The van der Waals surface area contributed by atoms with E-state index < -0.39 is 64.3 Å². The van der Waals surface area contributed by atoms with Gasteiger partial charge in [0.05, 0.1) is 17.5 Å². The minimum absolute atomic E-state index is 0.0236. The third-order valence-corrected chi connectivity index (χ3v) is 7.00. The number of hydrogen-bond acceptors (Lipinski definition) is 8. The molecule has 1 fully saturated rings. The van der Waals surface area contributed by atoms with Crippen LogP contribution >= 0.6 is 0 Å². The Balaban J connectivity index is 1.95. The van der Waals surface area contributed by atoms with Crippen molar-refractivity contribution in [3.05, 3.63) is 47.2 Å². The topological polar surface area (TPSA) is 161 Å². The molecular formula is C22H24N2O7. The Labute approximate surface area is 178 Å². The van der Waals surface area contributed by atoms with Gasteiger partial charge in [-0.25, -0.2) is 0 Å².